The Labute approximate surface area is 145 Å². The molecule has 0 unspecified atom stereocenters. The molecule has 1 saturated heterocycles. The van der Waals surface area contributed by atoms with Gasteiger partial charge in [-0.3, -0.25) is 9.59 Å². The van der Waals surface area contributed by atoms with Crippen LogP contribution >= 0.6 is 0 Å². The van der Waals surface area contributed by atoms with Crippen molar-refractivity contribution < 1.29 is 19.8 Å². The highest BCUT2D eigenvalue weighted by atomic mass is 16.4. The van der Waals surface area contributed by atoms with Gasteiger partial charge in [-0.2, -0.15) is 0 Å². The van der Waals surface area contributed by atoms with Crippen LogP contribution in [0.4, 0.5) is 0 Å². The Balaban J connectivity index is 2.28. The van der Waals surface area contributed by atoms with Crippen molar-refractivity contribution in [2.24, 2.45) is 0 Å². The maximum Gasteiger partial charge on any atom is 0.303 e. The first-order valence-corrected chi connectivity index (χ1v) is 9.42. The highest BCUT2D eigenvalue weighted by Gasteiger charge is 2.28. The van der Waals surface area contributed by atoms with Crippen LogP contribution in [0.25, 0.3) is 0 Å². The number of aliphatic hydroxyl groups is 1. The van der Waals surface area contributed by atoms with E-state index in [0.29, 0.717) is 12.8 Å². The molecule has 0 aromatic carbocycles. The van der Waals surface area contributed by atoms with Crippen molar-refractivity contribution in [3.63, 3.8) is 0 Å². The van der Waals surface area contributed by atoms with E-state index in [2.05, 4.69) is 6.92 Å². The fourth-order valence-electron chi connectivity index (χ4n) is 3.11. The smallest absolute Gasteiger partial charge is 0.303 e. The van der Waals surface area contributed by atoms with Crippen molar-refractivity contribution in [3.05, 3.63) is 12.2 Å². The van der Waals surface area contributed by atoms with E-state index in [1.165, 1.54) is 0 Å². The summed E-state index contributed by atoms with van der Waals surface area (Å²) in [4.78, 5) is 24.4. The fourth-order valence-corrected chi connectivity index (χ4v) is 3.11. The van der Waals surface area contributed by atoms with Crippen LogP contribution in [-0.2, 0) is 9.59 Å². The third-order valence-corrected chi connectivity index (χ3v) is 4.57. The molecule has 0 spiro atoms. The van der Waals surface area contributed by atoms with Crippen molar-refractivity contribution in [2.45, 2.75) is 89.7 Å². The molecule has 2 atom stereocenters. The van der Waals surface area contributed by atoms with Gasteiger partial charge in [0.1, 0.15) is 0 Å². The van der Waals surface area contributed by atoms with Crippen LogP contribution in [0.2, 0.25) is 0 Å². The molecule has 0 aromatic rings. The number of aliphatic carboxylic acids is 1. The molecule has 24 heavy (non-hydrogen) atoms. The lowest BCUT2D eigenvalue weighted by molar-refractivity contribution is -0.137. The molecule has 0 aromatic heterocycles. The van der Waals surface area contributed by atoms with Crippen LogP contribution in [0.15, 0.2) is 12.2 Å². The number of likely N-dealkylation sites (tertiary alicyclic amines) is 1. The number of aliphatic hydroxyl groups excluding tert-OH is 1. The second-order valence-corrected chi connectivity index (χ2v) is 6.70. The number of amides is 1. The number of carbonyl (C=O) groups excluding carboxylic acids is 1. The molecule has 0 aliphatic carbocycles. The molecule has 1 aliphatic heterocycles. The molecule has 5 nitrogen and oxygen atoms in total. The van der Waals surface area contributed by atoms with E-state index in [4.69, 9.17) is 5.11 Å². The minimum Gasteiger partial charge on any atom is -0.481 e. The van der Waals surface area contributed by atoms with Gasteiger partial charge in [0.05, 0.1) is 12.1 Å². The summed E-state index contributed by atoms with van der Waals surface area (Å²) in [5.74, 6) is -0.553. The third-order valence-electron chi connectivity index (χ3n) is 4.57. The van der Waals surface area contributed by atoms with Crippen LogP contribution in [0.5, 0.6) is 0 Å². The second-order valence-electron chi connectivity index (χ2n) is 6.70. The number of unbranched alkanes of at least 4 members (excludes halogenated alkanes) is 5. The molecule has 1 amide bonds. The summed E-state index contributed by atoms with van der Waals surface area (Å²) >= 11 is 0. The SMILES string of the molecule is CCCCC[C@@H](O)/C=C/[C@H]1CCC(=O)N1CCCCCCC(=O)O. The molecule has 1 rings (SSSR count). The zero-order chi connectivity index (χ0) is 17.8. The predicted molar refractivity (Wildman–Crippen MR) is 94.7 cm³/mol. The van der Waals surface area contributed by atoms with E-state index in [1.54, 1.807) is 0 Å². The first-order valence-electron chi connectivity index (χ1n) is 9.42. The normalized spacial score (nSPS) is 19.3. The minimum absolute atomic E-state index is 0.109. The monoisotopic (exact) mass is 339 g/mol. The van der Waals surface area contributed by atoms with E-state index < -0.39 is 12.1 Å². The average molecular weight is 339 g/mol. The quantitative estimate of drug-likeness (QED) is 0.397. The Morgan fingerprint density at radius 3 is 2.71 bits per heavy atom. The van der Waals surface area contributed by atoms with E-state index in [0.717, 1.165) is 57.9 Å². The lowest BCUT2D eigenvalue weighted by Gasteiger charge is -2.22. The predicted octanol–water partition coefficient (Wildman–Crippen LogP) is 3.51. The topological polar surface area (TPSA) is 77.8 Å². The summed E-state index contributed by atoms with van der Waals surface area (Å²) in [5, 5.41) is 18.6. The number of carboxylic acid groups (broad SMARTS) is 1. The number of hydrogen-bond donors (Lipinski definition) is 2. The zero-order valence-electron chi connectivity index (χ0n) is 15.0. The third kappa shape index (κ3) is 8.48. The van der Waals surface area contributed by atoms with Crippen molar-refractivity contribution in [2.75, 3.05) is 6.54 Å². The highest BCUT2D eigenvalue weighted by molar-refractivity contribution is 5.79. The number of rotatable bonds is 13. The summed E-state index contributed by atoms with van der Waals surface area (Å²) < 4.78 is 0. The molecule has 1 fully saturated rings. The van der Waals surface area contributed by atoms with Crippen molar-refractivity contribution in [1.29, 1.82) is 0 Å². The number of hydrogen-bond acceptors (Lipinski definition) is 3. The molecule has 0 radical (unpaired) electrons. The van der Waals surface area contributed by atoms with Crippen LogP contribution in [0, 0.1) is 0 Å². The van der Waals surface area contributed by atoms with Crippen molar-refractivity contribution in [3.8, 4) is 0 Å². The van der Waals surface area contributed by atoms with E-state index in [1.807, 2.05) is 17.1 Å². The van der Waals surface area contributed by atoms with Gasteiger partial charge < -0.3 is 15.1 Å². The van der Waals surface area contributed by atoms with Crippen molar-refractivity contribution in [1.82, 2.24) is 4.90 Å². The lowest BCUT2D eigenvalue weighted by Crippen LogP contribution is -2.32. The Morgan fingerprint density at radius 1 is 1.25 bits per heavy atom. The van der Waals surface area contributed by atoms with Crippen LogP contribution in [0.1, 0.15) is 77.6 Å². The first-order chi connectivity index (χ1) is 11.5. The summed E-state index contributed by atoms with van der Waals surface area (Å²) in [6.45, 7) is 2.87. The van der Waals surface area contributed by atoms with Gasteiger partial charge in [-0.15, -0.1) is 0 Å². The summed E-state index contributed by atoms with van der Waals surface area (Å²) in [6, 6.07) is 0.109. The summed E-state index contributed by atoms with van der Waals surface area (Å²) in [7, 11) is 0. The molecular weight excluding hydrogens is 306 g/mol. The van der Waals surface area contributed by atoms with Crippen LogP contribution in [0.3, 0.4) is 0 Å². The van der Waals surface area contributed by atoms with Gasteiger partial charge in [0, 0.05) is 19.4 Å². The second kappa shape index (κ2) is 12.1. The zero-order valence-corrected chi connectivity index (χ0v) is 15.0. The van der Waals surface area contributed by atoms with Crippen LogP contribution in [-0.4, -0.2) is 45.7 Å². The Morgan fingerprint density at radius 2 is 2.00 bits per heavy atom. The molecule has 2 N–H and O–H groups in total. The van der Waals surface area contributed by atoms with E-state index in [-0.39, 0.29) is 18.4 Å². The standard InChI is InChI=1S/C19H33NO4/c1-2-3-6-9-17(21)13-11-16-12-14-18(22)20(16)15-8-5-4-7-10-19(23)24/h11,13,16-17,21H,2-10,12,14-15H2,1H3,(H,23,24)/b13-11+/t16-,17+/m0/s1. The fraction of sp³-hybridized carbons (Fsp3) is 0.789. The number of carboxylic acids is 1. The summed E-state index contributed by atoms with van der Waals surface area (Å²) in [5.41, 5.74) is 0. The average Bonchev–Trinajstić information content (AvgIpc) is 2.89. The molecule has 5 heteroatoms. The Hall–Kier alpha value is -1.36. The maximum absolute atomic E-state index is 12.0. The van der Waals surface area contributed by atoms with Gasteiger partial charge >= 0.3 is 5.97 Å². The van der Waals surface area contributed by atoms with Crippen molar-refractivity contribution >= 4 is 11.9 Å². The first kappa shape index (κ1) is 20.7. The van der Waals surface area contributed by atoms with Gasteiger partial charge in [-0.05, 0) is 25.7 Å². The van der Waals surface area contributed by atoms with E-state index in [9.17, 15) is 14.7 Å². The summed E-state index contributed by atoms with van der Waals surface area (Å²) in [6.07, 6.45) is 12.6. The van der Waals surface area contributed by atoms with E-state index >= 15 is 0 Å². The molecular formula is C19H33NO4. The Kier molecular flexibility index (Phi) is 10.4. The van der Waals surface area contributed by atoms with Gasteiger partial charge in [-0.1, -0.05) is 51.2 Å². The minimum atomic E-state index is -0.743. The molecule has 1 heterocycles. The number of carbonyl (C=O) groups is 2. The van der Waals surface area contributed by atoms with Crippen LogP contribution < -0.4 is 0 Å². The highest BCUT2D eigenvalue weighted by Crippen LogP contribution is 2.21. The van der Waals surface area contributed by atoms with Gasteiger partial charge in [0.25, 0.3) is 0 Å². The van der Waals surface area contributed by atoms with Gasteiger partial charge in [-0.25, -0.2) is 0 Å². The number of nitrogens with zero attached hydrogens (tertiary/aromatic N) is 1. The molecule has 0 bridgehead atoms. The molecule has 0 saturated carbocycles. The molecule has 138 valence electrons. The largest absolute Gasteiger partial charge is 0.481 e. The van der Waals surface area contributed by atoms with Gasteiger partial charge in [0.2, 0.25) is 5.91 Å². The lowest BCUT2D eigenvalue weighted by atomic mass is 10.1. The maximum atomic E-state index is 12.0. The van der Waals surface area contributed by atoms with Gasteiger partial charge in [0.15, 0.2) is 0 Å². The molecule has 1 aliphatic rings. The Bertz CT molecular complexity index is 408.